The molecule has 0 aliphatic carbocycles. The van der Waals surface area contributed by atoms with Gasteiger partial charge in [-0.05, 0) is 38.8 Å². The molecule has 1 amide bonds. The first-order valence-corrected chi connectivity index (χ1v) is 7.42. The van der Waals surface area contributed by atoms with Crippen LogP contribution in [-0.2, 0) is 4.79 Å². The molecule has 0 aromatic heterocycles. The van der Waals surface area contributed by atoms with E-state index in [-0.39, 0.29) is 11.9 Å². The lowest BCUT2D eigenvalue weighted by Crippen LogP contribution is -2.52. The SMILES string of the molecule is CCCN(C(=O)C(C)(C)N)C(C)c1ccccc1Br. The van der Waals surface area contributed by atoms with Crippen molar-refractivity contribution in [2.75, 3.05) is 6.54 Å². The summed E-state index contributed by atoms with van der Waals surface area (Å²) in [6.07, 6.45) is 0.913. The maximum atomic E-state index is 12.5. The number of nitrogens with two attached hydrogens (primary N) is 1. The van der Waals surface area contributed by atoms with E-state index in [1.165, 1.54) is 0 Å². The Morgan fingerprint density at radius 1 is 1.42 bits per heavy atom. The van der Waals surface area contributed by atoms with Crippen molar-refractivity contribution in [3.63, 3.8) is 0 Å². The highest BCUT2D eigenvalue weighted by Crippen LogP contribution is 2.28. The van der Waals surface area contributed by atoms with Gasteiger partial charge in [-0.15, -0.1) is 0 Å². The van der Waals surface area contributed by atoms with E-state index < -0.39 is 5.54 Å². The van der Waals surface area contributed by atoms with Crippen molar-refractivity contribution in [2.24, 2.45) is 5.73 Å². The molecular weight excluding hydrogens is 304 g/mol. The average molecular weight is 327 g/mol. The second-order valence-electron chi connectivity index (χ2n) is 5.42. The van der Waals surface area contributed by atoms with Crippen LogP contribution in [0.3, 0.4) is 0 Å². The van der Waals surface area contributed by atoms with Gasteiger partial charge in [-0.1, -0.05) is 41.1 Å². The standard InChI is InChI=1S/C15H23BrN2O/c1-5-10-18(14(19)15(3,4)17)11(2)12-8-6-7-9-13(12)16/h6-9,11H,5,10,17H2,1-4H3. The Hall–Kier alpha value is -0.870. The molecule has 1 atom stereocenters. The summed E-state index contributed by atoms with van der Waals surface area (Å²) < 4.78 is 1.02. The van der Waals surface area contributed by atoms with E-state index in [4.69, 9.17) is 5.73 Å². The van der Waals surface area contributed by atoms with E-state index in [1.807, 2.05) is 36.1 Å². The van der Waals surface area contributed by atoms with Gasteiger partial charge in [0.05, 0.1) is 11.6 Å². The average Bonchev–Trinajstić information content (AvgIpc) is 2.34. The second kappa shape index (κ2) is 6.53. The third-order valence-electron chi connectivity index (χ3n) is 3.10. The number of carbonyl (C=O) groups excluding carboxylic acids is 1. The highest BCUT2D eigenvalue weighted by molar-refractivity contribution is 9.10. The van der Waals surface area contributed by atoms with Crippen LogP contribution in [0.25, 0.3) is 0 Å². The molecule has 1 aromatic carbocycles. The van der Waals surface area contributed by atoms with Gasteiger partial charge in [-0.3, -0.25) is 4.79 Å². The molecule has 19 heavy (non-hydrogen) atoms. The summed E-state index contributed by atoms with van der Waals surface area (Å²) in [7, 11) is 0. The quantitative estimate of drug-likeness (QED) is 0.900. The van der Waals surface area contributed by atoms with Crippen LogP contribution in [-0.4, -0.2) is 22.9 Å². The molecule has 0 fully saturated rings. The van der Waals surface area contributed by atoms with E-state index in [0.29, 0.717) is 6.54 Å². The molecule has 0 spiro atoms. The number of hydrogen-bond acceptors (Lipinski definition) is 2. The Morgan fingerprint density at radius 3 is 2.47 bits per heavy atom. The van der Waals surface area contributed by atoms with Crippen LogP contribution >= 0.6 is 15.9 Å². The molecular formula is C15H23BrN2O. The van der Waals surface area contributed by atoms with Crippen LogP contribution in [0.15, 0.2) is 28.7 Å². The van der Waals surface area contributed by atoms with Gasteiger partial charge >= 0.3 is 0 Å². The van der Waals surface area contributed by atoms with Gasteiger partial charge in [-0.2, -0.15) is 0 Å². The molecule has 3 nitrogen and oxygen atoms in total. The number of benzene rings is 1. The minimum absolute atomic E-state index is 0.00542. The normalized spacial score (nSPS) is 13.2. The lowest BCUT2D eigenvalue weighted by atomic mass is 10.0. The number of amides is 1. The molecule has 0 aliphatic rings. The highest BCUT2D eigenvalue weighted by Gasteiger charge is 2.31. The van der Waals surface area contributed by atoms with Gasteiger partial charge in [0.25, 0.3) is 0 Å². The van der Waals surface area contributed by atoms with Crippen molar-refractivity contribution in [1.29, 1.82) is 0 Å². The van der Waals surface area contributed by atoms with Crippen molar-refractivity contribution in [2.45, 2.75) is 45.7 Å². The summed E-state index contributed by atoms with van der Waals surface area (Å²) >= 11 is 3.55. The maximum absolute atomic E-state index is 12.5. The number of nitrogens with zero attached hydrogens (tertiary/aromatic N) is 1. The van der Waals surface area contributed by atoms with Crippen LogP contribution in [0, 0.1) is 0 Å². The largest absolute Gasteiger partial charge is 0.334 e. The van der Waals surface area contributed by atoms with Crippen molar-refractivity contribution in [3.8, 4) is 0 Å². The van der Waals surface area contributed by atoms with Gasteiger partial charge < -0.3 is 10.6 Å². The molecule has 0 aliphatic heterocycles. The molecule has 4 heteroatoms. The van der Waals surface area contributed by atoms with Crippen molar-refractivity contribution < 1.29 is 4.79 Å². The number of carbonyl (C=O) groups is 1. The Bertz CT molecular complexity index is 440. The van der Waals surface area contributed by atoms with Gasteiger partial charge in [0.2, 0.25) is 5.91 Å². The first-order chi connectivity index (χ1) is 8.79. The number of halogens is 1. The van der Waals surface area contributed by atoms with Gasteiger partial charge in [0.1, 0.15) is 0 Å². The Labute approximate surface area is 124 Å². The number of rotatable bonds is 5. The summed E-state index contributed by atoms with van der Waals surface area (Å²) in [5, 5.41) is 0. The molecule has 0 saturated heterocycles. The van der Waals surface area contributed by atoms with Crippen molar-refractivity contribution in [1.82, 2.24) is 4.90 Å². The number of hydrogen-bond donors (Lipinski definition) is 1. The summed E-state index contributed by atoms with van der Waals surface area (Å²) in [6, 6.07) is 7.99. The fourth-order valence-electron chi connectivity index (χ4n) is 2.06. The lowest BCUT2D eigenvalue weighted by molar-refractivity contribution is -0.138. The van der Waals surface area contributed by atoms with E-state index in [0.717, 1.165) is 16.5 Å². The Kier molecular flexibility index (Phi) is 5.56. The third kappa shape index (κ3) is 4.05. The zero-order valence-corrected chi connectivity index (χ0v) is 13.7. The van der Waals surface area contributed by atoms with Crippen LogP contribution in [0.4, 0.5) is 0 Å². The van der Waals surface area contributed by atoms with Crippen molar-refractivity contribution in [3.05, 3.63) is 34.3 Å². The van der Waals surface area contributed by atoms with Crippen LogP contribution in [0.2, 0.25) is 0 Å². The van der Waals surface area contributed by atoms with Gasteiger partial charge in [0.15, 0.2) is 0 Å². The maximum Gasteiger partial charge on any atom is 0.242 e. The summed E-state index contributed by atoms with van der Waals surface area (Å²) in [5.41, 5.74) is 6.22. The molecule has 1 rings (SSSR count). The Balaban J connectivity index is 3.06. The minimum Gasteiger partial charge on any atom is -0.334 e. The molecule has 1 aromatic rings. The van der Waals surface area contributed by atoms with Crippen LogP contribution in [0.1, 0.15) is 45.7 Å². The van der Waals surface area contributed by atoms with E-state index in [9.17, 15) is 4.79 Å². The lowest BCUT2D eigenvalue weighted by Gasteiger charge is -2.34. The first-order valence-electron chi connectivity index (χ1n) is 6.63. The predicted molar refractivity (Wildman–Crippen MR) is 82.8 cm³/mol. The molecule has 0 radical (unpaired) electrons. The first kappa shape index (κ1) is 16.2. The highest BCUT2D eigenvalue weighted by atomic mass is 79.9. The summed E-state index contributed by atoms with van der Waals surface area (Å²) in [4.78, 5) is 14.3. The van der Waals surface area contributed by atoms with Crippen LogP contribution in [0.5, 0.6) is 0 Å². The van der Waals surface area contributed by atoms with Gasteiger partial charge in [0, 0.05) is 11.0 Å². The minimum atomic E-state index is -0.843. The smallest absolute Gasteiger partial charge is 0.242 e. The monoisotopic (exact) mass is 326 g/mol. The van der Waals surface area contributed by atoms with Crippen LogP contribution < -0.4 is 5.73 Å². The Morgan fingerprint density at radius 2 is 2.00 bits per heavy atom. The zero-order chi connectivity index (χ0) is 14.6. The van der Waals surface area contributed by atoms with E-state index in [2.05, 4.69) is 22.9 Å². The fraction of sp³-hybridized carbons (Fsp3) is 0.533. The summed E-state index contributed by atoms with van der Waals surface area (Å²) in [6.45, 7) is 8.33. The molecule has 2 N–H and O–H groups in total. The van der Waals surface area contributed by atoms with Gasteiger partial charge in [-0.25, -0.2) is 0 Å². The molecule has 106 valence electrons. The molecule has 0 bridgehead atoms. The topological polar surface area (TPSA) is 46.3 Å². The predicted octanol–water partition coefficient (Wildman–Crippen LogP) is 3.49. The van der Waals surface area contributed by atoms with Crippen molar-refractivity contribution >= 4 is 21.8 Å². The fourth-order valence-corrected chi connectivity index (χ4v) is 2.68. The molecule has 0 heterocycles. The summed E-state index contributed by atoms with van der Waals surface area (Å²) in [5.74, 6) is -0.0161. The molecule has 1 unspecified atom stereocenters. The van der Waals surface area contributed by atoms with E-state index >= 15 is 0 Å². The second-order valence-corrected chi connectivity index (χ2v) is 6.27. The molecule has 0 saturated carbocycles. The third-order valence-corrected chi connectivity index (χ3v) is 3.82. The van der Waals surface area contributed by atoms with E-state index in [1.54, 1.807) is 13.8 Å². The zero-order valence-electron chi connectivity index (χ0n) is 12.1.